The molecule has 0 saturated heterocycles. The Hall–Kier alpha value is -2.05. The highest BCUT2D eigenvalue weighted by molar-refractivity contribution is 5.86. The van der Waals surface area contributed by atoms with Gasteiger partial charge in [0.2, 0.25) is 5.91 Å². The summed E-state index contributed by atoms with van der Waals surface area (Å²) in [5, 5.41) is 5.74. The molecule has 3 atom stereocenters. The minimum atomic E-state index is -0.613. The van der Waals surface area contributed by atoms with E-state index in [-0.39, 0.29) is 23.8 Å². The van der Waals surface area contributed by atoms with Crippen molar-refractivity contribution in [2.75, 3.05) is 7.11 Å². The van der Waals surface area contributed by atoms with Crippen molar-refractivity contribution < 1.29 is 14.3 Å². The minimum Gasteiger partial charge on any atom is -0.453 e. The number of alkyl carbamates (subject to hydrolysis) is 1. The van der Waals surface area contributed by atoms with Crippen LogP contribution in [0.5, 0.6) is 0 Å². The van der Waals surface area contributed by atoms with E-state index < -0.39 is 12.1 Å². The molecule has 1 heterocycles. The first-order chi connectivity index (χ1) is 11.4. The fourth-order valence-electron chi connectivity index (χ4n) is 3.25. The van der Waals surface area contributed by atoms with Gasteiger partial charge in [-0.15, -0.1) is 0 Å². The summed E-state index contributed by atoms with van der Waals surface area (Å²) in [6.07, 6.45) is 5.35. The Labute approximate surface area is 142 Å². The van der Waals surface area contributed by atoms with Crippen LogP contribution in [0.1, 0.15) is 57.0 Å². The van der Waals surface area contributed by atoms with Crippen LogP contribution in [-0.4, -0.2) is 41.2 Å². The summed E-state index contributed by atoms with van der Waals surface area (Å²) >= 11 is 0. The van der Waals surface area contributed by atoms with Gasteiger partial charge < -0.3 is 20.4 Å². The molecule has 0 aliphatic heterocycles. The number of aromatic nitrogens is 2. The summed E-state index contributed by atoms with van der Waals surface area (Å²) in [5.74, 6) is 0.912. The number of H-pyrrole nitrogens is 1. The van der Waals surface area contributed by atoms with Gasteiger partial charge in [0.1, 0.15) is 11.9 Å². The van der Waals surface area contributed by atoms with E-state index >= 15 is 0 Å². The highest BCUT2D eigenvalue weighted by Gasteiger charge is 2.33. The number of nitrogens with one attached hydrogen (secondary N) is 3. The van der Waals surface area contributed by atoms with Crippen molar-refractivity contribution in [3.05, 3.63) is 17.7 Å². The Morgan fingerprint density at radius 1 is 1.33 bits per heavy atom. The summed E-state index contributed by atoms with van der Waals surface area (Å²) < 4.78 is 4.62. The van der Waals surface area contributed by atoms with E-state index in [1.807, 2.05) is 27.0 Å². The van der Waals surface area contributed by atoms with Gasteiger partial charge in [0.15, 0.2) is 0 Å². The quantitative estimate of drug-likeness (QED) is 0.768. The summed E-state index contributed by atoms with van der Waals surface area (Å²) in [6, 6.07) is -0.587. The van der Waals surface area contributed by atoms with Gasteiger partial charge in [-0.2, -0.15) is 0 Å². The van der Waals surface area contributed by atoms with Crippen molar-refractivity contribution in [2.45, 2.75) is 64.5 Å². The molecule has 1 aromatic rings. The normalized spacial score (nSPS) is 22.0. The number of imidazole rings is 1. The first-order valence-electron chi connectivity index (χ1n) is 8.58. The number of hydrogen-bond acceptors (Lipinski definition) is 4. The van der Waals surface area contributed by atoms with E-state index in [4.69, 9.17) is 0 Å². The number of hydrogen-bond donors (Lipinski definition) is 3. The van der Waals surface area contributed by atoms with Crippen molar-refractivity contribution in [3.8, 4) is 0 Å². The van der Waals surface area contributed by atoms with Crippen molar-refractivity contribution in [1.82, 2.24) is 20.6 Å². The number of ether oxygens (including phenoxy) is 1. The Balaban J connectivity index is 2.07. The molecule has 2 rings (SSSR count). The average molecular weight is 336 g/mol. The average Bonchev–Trinajstić information content (AvgIpc) is 2.98. The highest BCUT2D eigenvalue weighted by atomic mass is 16.5. The van der Waals surface area contributed by atoms with E-state index in [1.165, 1.54) is 7.11 Å². The number of rotatable bonds is 5. The largest absolute Gasteiger partial charge is 0.453 e. The molecule has 1 aliphatic rings. The molecule has 0 spiro atoms. The smallest absolute Gasteiger partial charge is 0.407 e. The van der Waals surface area contributed by atoms with Gasteiger partial charge in [0.05, 0.1) is 7.11 Å². The molecule has 0 unspecified atom stereocenters. The molecule has 0 radical (unpaired) electrons. The van der Waals surface area contributed by atoms with Crippen LogP contribution in [-0.2, 0) is 9.53 Å². The molecule has 2 amide bonds. The van der Waals surface area contributed by atoms with Gasteiger partial charge in [0.25, 0.3) is 0 Å². The third kappa shape index (κ3) is 4.49. The summed E-state index contributed by atoms with van der Waals surface area (Å²) in [5.41, 5.74) is 1.02. The zero-order valence-electron chi connectivity index (χ0n) is 14.9. The van der Waals surface area contributed by atoms with E-state index in [0.29, 0.717) is 0 Å². The van der Waals surface area contributed by atoms with Crippen LogP contribution in [0.3, 0.4) is 0 Å². The SMILES string of the molecule is COC(=O)N[C@H](C(=O)N[C@H]1CCCC[C@@H]1c1ncc(C)[nH]1)C(C)C. The molecule has 1 aromatic heterocycles. The van der Waals surface area contributed by atoms with Crippen molar-refractivity contribution in [3.63, 3.8) is 0 Å². The molecule has 0 aromatic carbocycles. The van der Waals surface area contributed by atoms with E-state index in [1.54, 1.807) is 0 Å². The zero-order chi connectivity index (χ0) is 17.7. The molecule has 24 heavy (non-hydrogen) atoms. The monoisotopic (exact) mass is 336 g/mol. The van der Waals surface area contributed by atoms with Crippen molar-refractivity contribution >= 4 is 12.0 Å². The lowest BCUT2D eigenvalue weighted by Crippen LogP contribution is -2.53. The molecule has 7 nitrogen and oxygen atoms in total. The molecule has 1 saturated carbocycles. The van der Waals surface area contributed by atoms with E-state index in [0.717, 1.165) is 37.2 Å². The molecule has 0 bridgehead atoms. The molecule has 3 N–H and O–H groups in total. The second-order valence-corrected chi connectivity index (χ2v) is 6.82. The van der Waals surface area contributed by atoms with Crippen LogP contribution in [0.15, 0.2) is 6.20 Å². The highest BCUT2D eigenvalue weighted by Crippen LogP contribution is 2.31. The zero-order valence-corrected chi connectivity index (χ0v) is 14.9. The molecular formula is C17H28N4O3. The van der Waals surface area contributed by atoms with Crippen LogP contribution < -0.4 is 10.6 Å². The molecule has 7 heteroatoms. The summed E-state index contributed by atoms with van der Waals surface area (Å²) in [7, 11) is 1.29. The first kappa shape index (κ1) is 18.3. The molecule has 1 aliphatic carbocycles. The Kier molecular flexibility index (Phi) is 6.23. The molecular weight excluding hydrogens is 308 g/mol. The third-order valence-corrected chi connectivity index (χ3v) is 4.58. The standard InChI is InChI=1S/C17H28N4O3/c1-10(2)14(21-17(23)24-4)16(22)20-13-8-6-5-7-12(13)15-18-9-11(3)19-15/h9-10,12-14H,5-8H2,1-4H3,(H,18,19)(H,20,22)(H,21,23)/t12-,13-,14-/m0/s1. The minimum absolute atomic E-state index is 0.0255. The maximum atomic E-state index is 12.7. The van der Waals surface area contributed by atoms with Crippen LogP contribution in [0.4, 0.5) is 4.79 Å². The second-order valence-electron chi connectivity index (χ2n) is 6.82. The number of nitrogens with zero attached hydrogens (tertiary/aromatic N) is 1. The van der Waals surface area contributed by atoms with Gasteiger partial charge in [-0.25, -0.2) is 9.78 Å². The van der Waals surface area contributed by atoms with E-state index in [9.17, 15) is 9.59 Å². The van der Waals surface area contributed by atoms with Gasteiger partial charge in [-0.3, -0.25) is 4.79 Å². The lowest BCUT2D eigenvalue weighted by Gasteiger charge is -2.32. The number of aromatic amines is 1. The number of amides is 2. The van der Waals surface area contributed by atoms with Crippen LogP contribution in [0.25, 0.3) is 0 Å². The topological polar surface area (TPSA) is 96.1 Å². The maximum absolute atomic E-state index is 12.7. The first-order valence-corrected chi connectivity index (χ1v) is 8.58. The fraction of sp³-hybridized carbons (Fsp3) is 0.706. The van der Waals surface area contributed by atoms with Gasteiger partial charge in [0, 0.05) is 23.9 Å². The fourth-order valence-corrected chi connectivity index (χ4v) is 3.25. The van der Waals surface area contributed by atoms with Crippen LogP contribution in [0, 0.1) is 12.8 Å². The molecule has 134 valence electrons. The van der Waals surface area contributed by atoms with Gasteiger partial charge in [-0.1, -0.05) is 26.7 Å². The van der Waals surface area contributed by atoms with Crippen LogP contribution >= 0.6 is 0 Å². The number of carbonyl (C=O) groups excluding carboxylic acids is 2. The molecule has 1 fully saturated rings. The summed E-state index contributed by atoms with van der Waals surface area (Å²) in [4.78, 5) is 31.9. The van der Waals surface area contributed by atoms with Crippen molar-refractivity contribution in [1.29, 1.82) is 0 Å². The third-order valence-electron chi connectivity index (χ3n) is 4.58. The number of methoxy groups -OCH3 is 1. The Bertz CT molecular complexity index is 570. The van der Waals surface area contributed by atoms with Gasteiger partial charge in [-0.05, 0) is 25.7 Å². The second kappa shape index (κ2) is 8.17. The van der Waals surface area contributed by atoms with E-state index in [2.05, 4.69) is 25.3 Å². The van der Waals surface area contributed by atoms with Crippen molar-refractivity contribution in [2.24, 2.45) is 5.92 Å². The van der Waals surface area contributed by atoms with Crippen LogP contribution in [0.2, 0.25) is 0 Å². The maximum Gasteiger partial charge on any atom is 0.407 e. The lowest BCUT2D eigenvalue weighted by atomic mass is 9.83. The Morgan fingerprint density at radius 3 is 2.62 bits per heavy atom. The lowest BCUT2D eigenvalue weighted by molar-refractivity contribution is -0.125. The Morgan fingerprint density at radius 2 is 2.04 bits per heavy atom. The summed E-state index contributed by atoms with van der Waals surface area (Å²) in [6.45, 7) is 5.77. The predicted molar refractivity (Wildman–Crippen MR) is 90.6 cm³/mol. The number of carbonyl (C=O) groups is 2. The number of aryl methyl sites for hydroxylation is 1. The predicted octanol–water partition coefficient (Wildman–Crippen LogP) is 2.24. The van der Waals surface area contributed by atoms with Gasteiger partial charge >= 0.3 is 6.09 Å².